The fourth-order valence-corrected chi connectivity index (χ4v) is 1.78. The van der Waals surface area contributed by atoms with Crippen molar-refractivity contribution < 1.29 is 19.5 Å². The molecule has 0 saturated carbocycles. The van der Waals surface area contributed by atoms with E-state index in [0.717, 1.165) is 0 Å². The Hall–Kier alpha value is -1.70. The maximum absolute atomic E-state index is 10.7. The van der Waals surface area contributed by atoms with Gasteiger partial charge in [0, 0.05) is 31.4 Å². The summed E-state index contributed by atoms with van der Waals surface area (Å²) in [4.78, 5) is 10.3. The van der Waals surface area contributed by atoms with Crippen LogP contribution < -0.4 is 10.1 Å². The van der Waals surface area contributed by atoms with Gasteiger partial charge in [0.1, 0.15) is 5.75 Å². The molecule has 1 aromatic carbocycles. The Kier molecular flexibility index (Phi) is 6.92. The first-order valence-corrected chi connectivity index (χ1v) is 6.27. The van der Waals surface area contributed by atoms with Crippen LogP contribution in [0, 0.1) is 10.1 Å². The number of hydrogen-bond donors (Lipinski definition) is 2. The van der Waals surface area contributed by atoms with Gasteiger partial charge in [-0.3, -0.25) is 10.1 Å². The highest BCUT2D eigenvalue weighted by molar-refractivity contribution is 5.43. The lowest BCUT2D eigenvalue weighted by Gasteiger charge is -2.12. The third kappa shape index (κ3) is 5.12. The standard InChI is InChI=1S/C13H20N2O5/c1-19-9-12(16)5-6-14-8-10-7-11(15(17)18)3-4-13(10)20-2/h3-4,7,12,14,16H,5-6,8-9H2,1-2H3. The van der Waals surface area contributed by atoms with Crippen molar-refractivity contribution in [1.82, 2.24) is 5.32 Å². The molecular weight excluding hydrogens is 264 g/mol. The van der Waals surface area contributed by atoms with Gasteiger partial charge in [-0.05, 0) is 19.0 Å². The number of benzene rings is 1. The van der Waals surface area contributed by atoms with Crippen LogP contribution >= 0.6 is 0 Å². The molecule has 1 atom stereocenters. The second-order valence-electron chi connectivity index (χ2n) is 4.33. The summed E-state index contributed by atoms with van der Waals surface area (Å²) in [6.45, 7) is 1.31. The second kappa shape index (κ2) is 8.47. The van der Waals surface area contributed by atoms with Gasteiger partial charge in [-0.1, -0.05) is 0 Å². The first-order valence-electron chi connectivity index (χ1n) is 6.27. The lowest BCUT2D eigenvalue weighted by molar-refractivity contribution is -0.384. The summed E-state index contributed by atoms with van der Waals surface area (Å²) < 4.78 is 9.99. The van der Waals surface area contributed by atoms with E-state index in [-0.39, 0.29) is 5.69 Å². The molecule has 0 aliphatic rings. The van der Waals surface area contributed by atoms with Crippen molar-refractivity contribution in [2.45, 2.75) is 19.1 Å². The fraction of sp³-hybridized carbons (Fsp3) is 0.538. The fourth-order valence-electron chi connectivity index (χ4n) is 1.78. The topological polar surface area (TPSA) is 93.9 Å². The van der Waals surface area contributed by atoms with Crippen LogP contribution in [0.4, 0.5) is 5.69 Å². The van der Waals surface area contributed by atoms with Crippen molar-refractivity contribution in [3.63, 3.8) is 0 Å². The predicted octanol–water partition coefficient (Wildman–Crippen LogP) is 1.09. The third-order valence-corrected chi connectivity index (χ3v) is 2.80. The van der Waals surface area contributed by atoms with Gasteiger partial charge in [-0.2, -0.15) is 0 Å². The molecule has 0 aliphatic heterocycles. The molecule has 1 rings (SSSR count). The highest BCUT2D eigenvalue weighted by Crippen LogP contribution is 2.23. The largest absolute Gasteiger partial charge is 0.496 e. The number of hydrogen-bond acceptors (Lipinski definition) is 6. The van der Waals surface area contributed by atoms with Crippen molar-refractivity contribution in [3.05, 3.63) is 33.9 Å². The average molecular weight is 284 g/mol. The van der Waals surface area contributed by atoms with Crippen LogP contribution in [0.1, 0.15) is 12.0 Å². The zero-order chi connectivity index (χ0) is 15.0. The van der Waals surface area contributed by atoms with E-state index < -0.39 is 11.0 Å². The predicted molar refractivity (Wildman–Crippen MR) is 73.9 cm³/mol. The molecule has 112 valence electrons. The molecule has 0 aromatic heterocycles. The SMILES string of the molecule is COCC(O)CCNCc1cc([N+](=O)[O-])ccc1OC. The van der Waals surface area contributed by atoms with Gasteiger partial charge in [-0.25, -0.2) is 0 Å². The van der Waals surface area contributed by atoms with E-state index in [4.69, 9.17) is 9.47 Å². The molecule has 0 heterocycles. The first kappa shape index (κ1) is 16.4. The number of nitrogens with zero attached hydrogens (tertiary/aromatic N) is 1. The van der Waals surface area contributed by atoms with Gasteiger partial charge in [-0.15, -0.1) is 0 Å². The molecule has 0 spiro atoms. The molecule has 20 heavy (non-hydrogen) atoms. The van der Waals surface area contributed by atoms with Gasteiger partial charge < -0.3 is 19.9 Å². The Balaban J connectivity index is 2.53. The Labute approximate surface area is 117 Å². The highest BCUT2D eigenvalue weighted by atomic mass is 16.6. The number of nitro benzene ring substituents is 1. The van der Waals surface area contributed by atoms with Crippen LogP contribution in [-0.4, -0.2) is 43.5 Å². The smallest absolute Gasteiger partial charge is 0.270 e. The zero-order valence-electron chi connectivity index (χ0n) is 11.7. The first-order chi connectivity index (χ1) is 9.58. The summed E-state index contributed by atoms with van der Waals surface area (Å²) in [6, 6.07) is 4.47. The zero-order valence-corrected chi connectivity index (χ0v) is 11.7. The minimum Gasteiger partial charge on any atom is -0.496 e. The van der Waals surface area contributed by atoms with Crippen molar-refractivity contribution >= 4 is 5.69 Å². The summed E-state index contributed by atoms with van der Waals surface area (Å²) in [6.07, 6.45) is 0.0324. The maximum atomic E-state index is 10.7. The average Bonchev–Trinajstić information content (AvgIpc) is 2.43. The number of non-ortho nitro benzene ring substituents is 1. The molecule has 7 heteroatoms. The van der Waals surface area contributed by atoms with Crippen LogP contribution in [-0.2, 0) is 11.3 Å². The van der Waals surface area contributed by atoms with Gasteiger partial charge in [0.25, 0.3) is 5.69 Å². The number of methoxy groups -OCH3 is 2. The highest BCUT2D eigenvalue weighted by Gasteiger charge is 2.11. The molecule has 0 bridgehead atoms. The molecule has 1 unspecified atom stereocenters. The summed E-state index contributed by atoms with van der Waals surface area (Å²) in [5.74, 6) is 0.598. The van der Waals surface area contributed by atoms with Crippen molar-refractivity contribution in [2.24, 2.45) is 0 Å². The number of aliphatic hydroxyl groups is 1. The summed E-state index contributed by atoms with van der Waals surface area (Å²) in [5, 5.41) is 23.3. The Bertz CT molecular complexity index is 439. The molecule has 0 fully saturated rings. The third-order valence-electron chi connectivity index (χ3n) is 2.80. The monoisotopic (exact) mass is 284 g/mol. The van der Waals surface area contributed by atoms with E-state index in [9.17, 15) is 15.2 Å². The lowest BCUT2D eigenvalue weighted by Crippen LogP contribution is -2.23. The van der Waals surface area contributed by atoms with Crippen molar-refractivity contribution in [3.8, 4) is 5.75 Å². The molecule has 7 nitrogen and oxygen atoms in total. The Morgan fingerprint density at radius 1 is 1.45 bits per heavy atom. The number of rotatable bonds is 9. The number of ether oxygens (including phenoxy) is 2. The Morgan fingerprint density at radius 3 is 2.80 bits per heavy atom. The van der Waals surface area contributed by atoms with Gasteiger partial charge in [0.05, 0.1) is 24.7 Å². The lowest BCUT2D eigenvalue weighted by atomic mass is 10.1. The molecular formula is C13H20N2O5. The quantitative estimate of drug-likeness (QED) is 0.400. The van der Waals surface area contributed by atoms with Crippen LogP contribution in [0.3, 0.4) is 0 Å². The van der Waals surface area contributed by atoms with E-state index >= 15 is 0 Å². The van der Waals surface area contributed by atoms with Crippen LogP contribution in [0.5, 0.6) is 5.75 Å². The van der Waals surface area contributed by atoms with Crippen LogP contribution in [0.2, 0.25) is 0 Å². The maximum Gasteiger partial charge on any atom is 0.270 e. The summed E-state index contributed by atoms with van der Waals surface area (Å²) >= 11 is 0. The molecule has 0 aliphatic carbocycles. The normalized spacial score (nSPS) is 12.2. The van der Waals surface area contributed by atoms with E-state index in [2.05, 4.69) is 5.32 Å². The van der Waals surface area contributed by atoms with E-state index in [1.54, 1.807) is 6.07 Å². The van der Waals surface area contributed by atoms with E-state index in [0.29, 0.717) is 37.4 Å². The minimum absolute atomic E-state index is 0.0296. The van der Waals surface area contributed by atoms with Crippen molar-refractivity contribution in [2.75, 3.05) is 27.4 Å². The van der Waals surface area contributed by atoms with Gasteiger partial charge in [0.15, 0.2) is 0 Å². The summed E-state index contributed by atoms with van der Waals surface area (Å²) in [5.41, 5.74) is 0.741. The van der Waals surface area contributed by atoms with E-state index in [1.165, 1.54) is 26.4 Å². The molecule has 2 N–H and O–H groups in total. The van der Waals surface area contributed by atoms with E-state index in [1.807, 2.05) is 0 Å². The number of nitro groups is 1. The minimum atomic E-state index is -0.514. The number of aliphatic hydroxyl groups excluding tert-OH is 1. The molecule has 1 aromatic rings. The van der Waals surface area contributed by atoms with Crippen LogP contribution in [0.15, 0.2) is 18.2 Å². The summed E-state index contributed by atoms with van der Waals surface area (Å²) in [7, 11) is 3.05. The van der Waals surface area contributed by atoms with Gasteiger partial charge in [0.2, 0.25) is 0 Å². The van der Waals surface area contributed by atoms with Crippen molar-refractivity contribution in [1.29, 1.82) is 0 Å². The number of nitrogens with one attached hydrogen (secondary N) is 1. The van der Waals surface area contributed by atoms with Gasteiger partial charge >= 0.3 is 0 Å². The molecule has 0 amide bonds. The Morgan fingerprint density at radius 2 is 2.20 bits per heavy atom. The molecule has 0 radical (unpaired) electrons. The molecule has 0 saturated heterocycles. The van der Waals surface area contributed by atoms with Crippen LogP contribution in [0.25, 0.3) is 0 Å². The second-order valence-corrected chi connectivity index (χ2v) is 4.33.